The number of ether oxygens (including phenoxy) is 2. The summed E-state index contributed by atoms with van der Waals surface area (Å²) < 4.78 is 12.4. The Labute approximate surface area is 222 Å². The summed E-state index contributed by atoms with van der Waals surface area (Å²) in [5.41, 5.74) is 2.53. The standard InChI is InChI=1S/C28H34N6O4/c1-7-33(27(36)38-28(4,5)6)20-14-15-32(17-20)25-22(19-12-10-9-11-13-19)18(3)21(16-29)24-30-23(31-34(24)25)26(35)37-8-2/h9-13,20H,7-8,14-15,17H2,1-6H3/t20-/m0/s1. The average molecular weight is 519 g/mol. The number of esters is 1. The van der Waals surface area contributed by atoms with Crippen molar-refractivity contribution in [3.8, 4) is 17.2 Å². The monoisotopic (exact) mass is 518 g/mol. The molecule has 0 saturated carbocycles. The molecule has 4 rings (SSSR count). The van der Waals surface area contributed by atoms with Crippen LogP contribution in [-0.4, -0.2) is 69.4 Å². The zero-order chi connectivity index (χ0) is 27.6. The van der Waals surface area contributed by atoms with Crippen molar-refractivity contribution in [2.75, 3.05) is 31.1 Å². The van der Waals surface area contributed by atoms with Crippen LogP contribution < -0.4 is 4.90 Å². The fourth-order valence-electron chi connectivity index (χ4n) is 4.89. The Morgan fingerprint density at radius 1 is 1.21 bits per heavy atom. The van der Waals surface area contributed by atoms with E-state index in [0.29, 0.717) is 36.7 Å². The molecule has 1 atom stereocenters. The van der Waals surface area contributed by atoms with Gasteiger partial charge in [-0.1, -0.05) is 30.3 Å². The van der Waals surface area contributed by atoms with Crippen molar-refractivity contribution in [3.63, 3.8) is 0 Å². The smallest absolute Gasteiger partial charge is 0.410 e. The van der Waals surface area contributed by atoms with Gasteiger partial charge in [0.15, 0.2) is 5.65 Å². The van der Waals surface area contributed by atoms with Crippen LogP contribution in [0.5, 0.6) is 0 Å². The number of hydrogen-bond donors (Lipinski definition) is 0. The first-order valence-corrected chi connectivity index (χ1v) is 12.9. The number of anilines is 1. The van der Waals surface area contributed by atoms with E-state index in [4.69, 9.17) is 9.47 Å². The van der Waals surface area contributed by atoms with Crippen LogP contribution in [0.1, 0.15) is 62.8 Å². The van der Waals surface area contributed by atoms with Crippen LogP contribution in [0.2, 0.25) is 0 Å². The molecule has 0 radical (unpaired) electrons. The largest absolute Gasteiger partial charge is 0.460 e. The molecule has 2 aromatic heterocycles. The second kappa shape index (κ2) is 10.7. The van der Waals surface area contributed by atoms with Crippen molar-refractivity contribution in [2.45, 2.75) is 59.6 Å². The fraction of sp³-hybridized carbons (Fsp3) is 0.464. The average Bonchev–Trinajstić information content (AvgIpc) is 3.51. The Bertz CT molecular complexity index is 1390. The van der Waals surface area contributed by atoms with Crippen molar-refractivity contribution in [1.82, 2.24) is 19.5 Å². The van der Waals surface area contributed by atoms with E-state index in [2.05, 4.69) is 21.1 Å². The first kappa shape index (κ1) is 26.9. The maximum atomic E-state index is 13.0. The Hall–Kier alpha value is -4.13. The van der Waals surface area contributed by atoms with E-state index in [1.165, 1.54) is 0 Å². The summed E-state index contributed by atoms with van der Waals surface area (Å²) in [6.07, 6.45) is 0.378. The molecule has 3 heterocycles. The molecule has 0 spiro atoms. The number of rotatable bonds is 6. The molecule has 10 heteroatoms. The molecular weight excluding hydrogens is 484 g/mol. The van der Waals surface area contributed by atoms with Gasteiger partial charge >= 0.3 is 12.1 Å². The molecule has 1 saturated heterocycles. The van der Waals surface area contributed by atoms with Gasteiger partial charge in [-0.15, -0.1) is 5.10 Å². The van der Waals surface area contributed by atoms with E-state index in [1.807, 2.05) is 65.0 Å². The highest BCUT2D eigenvalue weighted by Gasteiger charge is 2.36. The number of nitrogens with zero attached hydrogens (tertiary/aromatic N) is 6. The summed E-state index contributed by atoms with van der Waals surface area (Å²) in [6.45, 7) is 13.0. The Morgan fingerprint density at radius 3 is 2.53 bits per heavy atom. The van der Waals surface area contributed by atoms with Gasteiger partial charge in [0.1, 0.15) is 23.1 Å². The third-order valence-corrected chi connectivity index (χ3v) is 6.51. The number of likely N-dealkylation sites (N-methyl/N-ethyl adjacent to an activating group) is 1. The quantitative estimate of drug-likeness (QED) is 0.436. The molecule has 1 fully saturated rings. The lowest BCUT2D eigenvalue weighted by atomic mass is 9.97. The predicted molar refractivity (Wildman–Crippen MR) is 143 cm³/mol. The minimum atomic E-state index is -0.647. The fourth-order valence-corrected chi connectivity index (χ4v) is 4.89. The van der Waals surface area contributed by atoms with Gasteiger partial charge in [-0.25, -0.2) is 9.59 Å². The molecule has 0 N–H and O–H groups in total. The molecule has 3 aromatic rings. The normalized spacial score (nSPS) is 15.4. The molecule has 0 aliphatic carbocycles. The maximum Gasteiger partial charge on any atom is 0.410 e. The predicted octanol–water partition coefficient (Wildman–Crippen LogP) is 4.59. The molecule has 1 aromatic carbocycles. The molecule has 38 heavy (non-hydrogen) atoms. The lowest BCUT2D eigenvalue weighted by Gasteiger charge is -2.31. The molecule has 200 valence electrons. The number of carbonyl (C=O) groups is 2. The van der Waals surface area contributed by atoms with Gasteiger partial charge in [-0.05, 0) is 59.1 Å². The number of fused-ring (bicyclic) bond motifs is 1. The van der Waals surface area contributed by atoms with Crippen molar-refractivity contribution < 1.29 is 19.1 Å². The highest BCUT2D eigenvalue weighted by Crippen LogP contribution is 2.39. The summed E-state index contributed by atoms with van der Waals surface area (Å²) in [6, 6.07) is 11.9. The van der Waals surface area contributed by atoms with E-state index in [-0.39, 0.29) is 24.6 Å². The number of benzene rings is 1. The Morgan fingerprint density at radius 2 is 1.92 bits per heavy atom. The van der Waals surface area contributed by atoms with Gasteiger partial charge in [0.05, 0.1) is 12.6 Å². The zero-order valence-electron chi connectivity index (χ0n) is 22.8. The first-order valence-electron chi connectivity index (χ1n) is 12.9. The number of aromatic nitrogens is 3. The van der Waals surface area contributed by atoms with Crippen molar-refractivity contribution in [2.24, 2.45) is 0 Å². The van der Waals surface area contributed by atoms with Crippen molar-refractivity contribution in [1.29, 1.82) is 5.26 Å². The number of carbonyl (C=O) groups excluding carboxylic acids is 2. The molecular formula is C28H34N6O4. The minimum Gasteiger partial charge on any atom is -0.460 e. The van der Waals surface area contributed by atoms with Crippen LogP contribution >= 0.6 is 0 Å². The van der Waals surface area contributed by atoms with E-state index in [0.717, 1.165) is 23.1 Å². The highest BCUT2D eigenvalue weighted by molar-refractivity contribution is 5.89. The molecule has 1 aliphatic rings. The second-order valence-corrected chi connectivity index (χ2v) is 10.2. The second-order valence-electron chi connectivity index (χ2n) is 10.2. The zero-order valence-corrected chi connectivity index (χ0v) is 22.8. The molecule has 0 bridgehead atoms. The summed E-state index contributed by atoms with van der Waals surface area (Å²) in [4.78, 5) is 33.8. The molecule has 0 unspecified atom stereocenters. The van der Waals surface area contributed by atoms with Gasteiger partial charge in [0, 0.05) is 25.2 Å². The third-order valence-electron chi connectivity index (χ3n) is 6.51. The first-order chi connectivity index (χ1) is 18.1. The number of hydrogen-bond acceptors (Lipinski definition) is 8. The number of pyridine rings is 1. The highest BCUT2D eigenvalue weighted by atomic mass is 16.6. The third kappa shape index (κ3) is 5.14. The Balaban J connectivity index is 1.86. The van der Waals surface area contributed by atoms with E-state index in [9.17, 15) is 14.9 Å². The Kier molecular flexibility index (Phi) is 7.58. The molecule has 1 aliphatic heterocycles. The SMILES string of the molecule is CCOC(=O)c1nc2c(C#N)c(C)c(-c3ccccc3)c(N3CC[C@H](N(CC)C(=O)OC(C)(C)C)C3)n2n1. The summed E-state index contributed by atoms with van der Waals surface area (Å²) in [5, 5.41) is 14.6. The van der Waals surface area contributed by atoms with Crippen LogP contribution in [0.4, 0.5) is 10.6 Å². The minimum absolute atomic E-state index is 0.0856. The maximum absolute atomic E-state index is 13.0. The van der Waals surface area contributed by atoms with Crippen LogP contribution in [0, 0.1) is 18.3 Å². The lowest BCUT2D eigenvalue weighted by Crippen LogP contribution is -2.44. The van der Waals surface area contributed by atoms with Gasteiger partial charge < -0.3 is 19.3 Å². The topological polar surface area (TPSA) is 113 Å². The molecule has 1 amide bonds. The lowest BCUT2D eigenvalue weighted by molar-refractivity contribution is 0.0190. The van der Waals surface area contributed by atoms with E-state index >= 15 is 0 Å². The molecule has 10 nitrogen and oxygen atoms in total. The van der Waals surface area contributed by atoms with Gasteiger partial charge in [-0.2, -0.15) is 14.8 Å². The van der Waals surface area contributed by atoms with E-state index < -0.39 is 11.6 Å². The van der Waals surface area contributed by atoms with Crippen LogP contribution in [0.15, 0.2) is 30.3 Å². The number of nitriles is 1. The summed E-state index contributed by atoms with van der Waals surface area (Å²) >= 11 is 0. The summed E-state index contributed by atoms with van der Waals surface area (Å²) in [5.74, 6) is -0.0336. The van der Waals surface area contributed by atoms with E-state index in [1.54, 1.807) is 16.3 Å². The van der Waals surface area contributed by atoms with Crippen molar-refractivity contribution in [3.05, 3.63) is 47.3 Å². The van der Waals surface area contributed by atoms with Gasteiger partial charge in [0.2, 0.25) is 0 Å². The summed E-state index contributed by atoms with van der Waals surface area (Å²) in [7, 11) is 0. The van der Waals surface area contributed by atoms with Crippen LogP contribution in [-0.2, 0) is 9.47 Å². The van der Waals surface area contributed by atoms with Crippen LogP contribution in [0.3, 0.4) is 0 Å². The number of amides is 1. The van der Waals surface area contributed by atoms with Gasteiger partial charge in [0.25, 0.3) is 5.82 Å². The van der Waals surface area contributed by atoms with Gasteiger partial charge in [-0.3, -0.25) is 0 Å². The van der Waals surface area contributed by atoms with Crippen molar-refractivity contribution >= 4 is 23.5 Å². The van der Waals surface area contributed by atoms with Crippen LogP contribution in [0.25, 0.3) is 16.8 Å².